The number of amides is 3. The Morgan fingerprint density at radius 1 is 1.00 bits per heavy atom. The van der Waals surface area contributed by atoms with Crippen LogP contribution in [0.15, 0.2) is 48.7 Å². The molecule has 0 fully saturated rings. The van der Waals surface area contributed by atoms with Crippen LogP contribution in [0.2, 0.25) is 15.1 Å². The van der Waals surface area contributed by atoms with Crippen LogP contribution < -0.4 is 20.9 Å². The molecule has 0 aliphatic heterocycles. The van der Waals surface area contributed by atoms with Gasteiger partial charge in [-0.1, -0.05) is 40.9 Å². The molecular weight excluding hydrogens is 469 g/mol. The first-order valence-corrected chi connectivity index (χ1v) is 9.66. The Hall–Kier alpha value is -3.11. The number of nitrogens with one attached hydrogen (secondary N) is 3. The number of aromatic nitrogens is 2. The molecule has 0 saturated heterocycles. The molecule has 160 valence electrons. The van der Waals surface area contributed by atoms with E-state index in [1.807, 2.05) is 0 Å². The third-order valence-electron chi connectivity index (χ3n) is 3.63. The zero-order valence-electron chi connectivity index (χ0n) is 15.8. The molecule has 1 heterocycles. The van der Waals surface area contributed by atoms with Gasteiger partial charge in [0.25, 0.3) is 0 Å². The lowest BCUT2D eigenvalue weighted by Gasteiger charge is -2.11. The number of nitrogens with zero attached hydrogens (tertiary/aromatic N) is 2. The van der Waals surface area contributed by atoms with Crippen molar-refractivity contribution < 1.29 is 19.2 Å². The summed E-state index contributed by atoms with van der Waals surface area (Å²) in [6.45, 7) is 0. The third kappa shape index (κ3) is 5.96. The normalized spacial score (nSPS) is 10.3. The Morgan fingerprint density at radius 2 is 1.81 bits per heavy atom. The van der Waals surface area contributed by atoms with E-state index in [4.69, 9.17) is 39.5 Å². The molecule has 0 bridgehead atoms. The molecule has 0 atom stereocenters. The van der Waals surface area contributed by atoms with Crippen LogP contribution in [0.4, 0.5) is 16.2 Å². The van der Waals surface area contributed by atoms with E-state index < -0.39 is 11.9 Å². The number of benzene rings is 2. The molecular formula is C19H14Cl3N5O4. The van der Waals surface area contributed by atoms with Gasteiger partial charge in [-0.25, -0.2) is 15.3 Å². The molecule has 31 heavy (non-hydrogen) atoms. The topological polar surface area (TPSA) is 114 Å². The quantitative estimate of drug-likeness (QED) is 0.330. The van der Waals surface area contributed by atoms with Crippen molar-refractivity contribution in [2.45, 2.75) is 0 Å². The van der Waals surface area contributed by atoms with Crippen LogP contribution in [-0.2, 0) is 4.84 Å². The maximum Gasteiger partial charge on any atom is 0.323 e. The molecule has 0 aliphatic rings. The van der Waals surface area contributed by atoms with Gasteiger partial charge in [0, 0.05) is 24.0 Å². The molecule has 12 heteroatoms. The maximum absolute atomic E-state index is 12.3. The zero-order chi connectivity index (χ0) is 22.4. The van der Waals surface area contributed by atoms with Crippen molar-refractivity contribution in [1.29, 1.82) is 0 Å². The molecule has 1 aromatic heterocycles. The predicted molar refractivity (Wildman–Crippen MR) is 117 cm³/mol. The molecule has 3 amide bonds. The van der Waals surface area contributed by atoms with E-state index in [1.165, 1.54) is 31.5 Å². The lowest BCUT2D eigenvalue weighted by Crippen LogP contribution is -2.24. The highest BCUT2D eigenvalue weighted by atomic mass is 35.5. The fourth-order valence-corrected chi connectivity index (χ4v) is 2.89. The lowest BCUT2D eigenvalue weighted by molar-refractivity contribution is 0.0526. The van der Waals surface area contributed by atoms with Gasteiger partial charge < -0.3 is 15.4 Å². The van der Waals surface area contributed by atoms with E-state index in [0.29, 0.717) is 17.1 Å². The number of carbonyl (C=O) groups is 2. The number of urea groups is 1. The summed E-state index contributed by atoms with van der Waals surface area (Å²) in [5, 5.41) is 5.77. The summed E-state index contributed by atoms with van der Waals surface area (Å²) in [4.78, 5) is 36.4. The van der Waals surface area contributed by atoms with Crippen LogP contribution in [0, 0.1) is 0 Å². The summed E-state index contributed by atoms with van der Waals surface area (Å²) in [6.07, 6.45) is 1.36. The molecule has 0 unspecified atom stereocenters. The number of ether oxygens (including phenoxy) is 1. The predicted octanol–water partition coefficient (Wildman–Crippen LogP) is 5.16. The number of hydrogen-bond acceptors (Lipinski definition) is 6. The minimum atomic E-state index is -0.624. The van der Waals surface area contributed by atoms with E-state index in [2.05, 4.69) is 30.9 Å². The fraction of sp³-hybridized carbons (Fsp3) is 0.0526. The molecule has 3 aromatic rings. The number of anilines is 2. The molecule has 0 saturated carbocycles. The smallest absolute Gasteiger partial charge is 0.323 e. The fourth-order valence-electron chi connectivity index (χ4n) is 2.31. The monoisotopic (exact) mass is 481 g/mol. The largest absolute Gasteiger partial charge is 0.439 e. The minimum Gasteiger partial charge on any atom is -0.439 e. The maximum atomic E-state index is 12.3. The minimum absolute atomic E-state index is 0.124. The first-order chi connectivity index (χ1) is 14.9. The van der Waals surface area contributed by atoms with E-state index in [9.17, 15) is 9.59 Å². The van der Waals surface area contributed by atoms with Gasteiger partial charge >= 0.3 is 11.9 Å². The number of carbonyl (C=O) groups excluding carboxylic acids is 2. The van der Waals surface area contributed by atoms with Gasteiger partial charge in [0.15, 0.2) is 0 Å². The van der Waals surface area contributed by atoms with E-state index in [0.717, 1.165) is 0 Å². The van der Waals surface area contributed by atoms with Crippen molar-refractivity contribution in [3.05, 3.63) is 69.6 Å². The van der Waals surface area contributed by atoms with Crippen molar-refractivity contribution in [3.8, 4) is 11.6 Å². The number of rotatable bonds is 6. The Labute approximate surface area is 191 Å². The first-order valence-electron chi connectivity index (χ1n) is 8.53. The summed E-state index contributed by atoms with van der Waals surface area (Å²) in [5.74, 6) is -0.268. The average Bonchev–Trinajstić information content (AvgIpc) is 2.75. The molecule has 2 aromatic carbocycles. The van der Waals surface area contributed by atoms with Crippen LogP contribution in [0.1, 0.15) is 10.6 Å². The van der Waals surface area contributed by atoms with Crippen molar-refractivity contribution in [2.24, 2.45) is 0 Å². The molecule has 0 radical (unpaired) electrons. The van der Waals surface area contributed by atoms with Crippen LogP contribution in [-0.4, -0.2) is 29.0 Å². The molecule has 3 rings (SSSR count). The first kappa shape index (κ1) is 22.6. The lowest BCUT2D eigenvalue weighted by atomic mass is 10.3. The van der Waals surface area contributed by atoms with Gasteiger partial charge in [-0.2, -0.15) is 4.98 Å². The Kier molecular flexibility index (Phi) is 7.48. The standard InChI is InChI=1S/C19H14Cl3N5O4/c1-30-27-18(28)17-23-8-7-14(26-17)31-11-4-2-3-10(9-11)24-19(29)25-13-6-5-12(20)15(21)16(13)22/h2-9H,1H3,(H,27,28)(H2,24,25,29). The van der Waals surface area contributed by atoms with Gasteiger partial charge in [-0.3, -0.25) is 9.63 Å². The van der Waals surface area contributed by atoms with Crippen LogP contribution >= 0.6 is 34.8 Å². The highest BCUT2D eigenvalue weighted by Gasteiger charge is 2.13. The zero-order valence-corrected chi connectivity index (χ0v) is 18.0. The van der Waals surface area contributed by atoms with Crippen molar-refractivity contribution in [1.82, 2.24) is 15.4 Å². The molecule has 0 spiro atoms. The molecule has 3 N–H and O–H groups in total. The van der Waals surface area contributed by atoms with Gasteiger partial charge in [0.05, 0.1) is 27.9 Å². The Bertz CT molecular complexity index is 1130. The van der Waals surface area contributed by atoms with Crippen molar-refractivity contribution in [2.75, 3.05) is 17.7 Å². The summed E-state index contributed by atoms with van der Waals surface area (Å²) >= 11 is 17.9. The summed E-state index contributed by atoms with van der Waals surface area (Å²) in [7, 11) is 1.29. The number of hydroxylamine groups is 1. The van der Waals surface area contributed by atoms with E-state index in [-0.39, 0.29) is 26.8 Å². The average molecular weight is 483 g/mol. The summed E-state index contributed by atoms with van der Waals surface area (Å²) in [6, 6.07) is 10.5. The van der Waals surface area contributed by atoms with Gasteiger partial charge in [0.1, 0.15) is 5.75 Å². The van der Waals surface area contributed by atoms with E-state index in [1.54, 1.807) is 24.3 Å². The van der Waals surface area contributed by atoms with Gasteiger partial charge in [-0.05, 0) is 24.3 Å². The second-order valence-electron chi connectivity index (χ2n) is 5.79. The van der Waals surface area contributed by atoms with Crippen molar-refractivity contribution >= 4 is 58.1 Å². The summed E-state index contributed by atoms with van der Waals surface area (Å²) < 4.78 is 5.64. The second kappa shape index (κ2) is 10.3. The second-order valence-corrected chi connectivity index (χ2v) is 6.95. The number of hydrogen-bond donors (Lipinski definition) is 3. The van der Waals surface area contributed by atoms with Crippen LogP contribution in [0.3, 0.4) is 0 Å². The highest BCUT2D eigenvalue weighted by Crippen LogP contribution is 2.35. The Balaban J connectivity index is 1.68. The SMILES string of the molecule is CONC(=O)c1nccc(Oc2cccc(NC(=O)Nc3ccc(Cl)c(Cl)c3Cl)c2)n1. The molecule has 0 aliphatic carbocycles. The Morgan fingerprint density at radius 3 is 2.58 bits per heavy atom. The summed E-state index contributed by atoms with van der Waals surface area (Å²) in [5.41, 5.74) is 2.84. The van der Waals surface area contributed by atoms with Crippen LogP contribution in [0.25, 0.3) is 0 Å². The van der Waals surface area contributed by atoms with E-state index >= 15 is 0 Å². The van der Waals surface area contributed by atoms with Gasteiger partial charge in [0.2, 0.25) is 11.7 Å². The molecule has 9 nitrogen and oxygen atoms in total. The number of halogens is 3. The highest BCUT2D eigenvalue weighted by molar-refractivity contribution is 6.49. The van der Waals surface area contributed by atoms with Crippen LogP contribution in [0.5, 0.6) is 11.6 Å². The van der Waals surface area contributed by atoms with Gasteiger partial charge in [-0.15, -0.1) is 0 Å². The third-order valence-corrected chi connectivity index (χ3v) is 4.92. The van der Waals surface area contributed by atoms with Crippen molar-refractivity contribution in [3.63, 3.8) is 0 Å².